The zero-order valence-corrected chi connectivity index (χ0v) is 16.8. The second kappa shape index (κ2) is 6.62. The fourth-order valence-corrected chi connectivity index (χ4v) is 6.46. The van der Waals surface area contributed by atoms with Gasteiger partial charge >= 0.3 is 0 Å². The Morgan fingerprint density at radius 3 is 2.93 bits per heavy atom. The van der Waals surface area contributed by atoms with Gasteiger partial charge in [0.25, 0.3) is 12.0 Å². The molecule has 3 aliphatic rings. The average Bonchev–Trinajstić information content (AvgIpc) is 3.22. The van der Waals surface area contributed by atoms with Crippen molar-refractivity contribution in [3.05, 3.63) is 38.9 Å². The highest BCUT2D eigenvalue weighted by molar-refractivity contribution is 7.18. The minimum Gasteiger partial charge on any atom is -0.371 e. The molecule has 1 aliphatic carbocycles. The van der Waals surface area contributed by atoms with Crippen molar-refractivity contribution in [2.24, 2.45) is 5.92 Å². The molecule has 4 heterocycles. The number of hydrogen-bond acceptors (Lipinski definition) is 5. The topological polar surface area (TPSA) is 41.4 Å². The number of alkyl halides is 2. The van der Waals surface area contributed by atoms with Crippen molar-refractivity contribution in [3.63, 3.8) is 0 Å². The lowest BCUT2D eigenvalue weighted by molar-refractivity contribution is 0.0828. The fraction of sp³-hybridized carbons (Fsp3) is 0.600. The van der Waals surface area contributed by atoms with E-state index in [0.29, 0.717) is 32.0 Å². The zero-order chi connectivity index (χ0) is 19.6. The maximum Gasteiger partial charge on any atom is 0.262 e. The van der Waals surface area contributed by atoms with E-state index in [2.05, 4.69) is 11.5 Å². The molecule has 0 saturated heterocycles. The van der Waals surface area contributed by atoms with E-state index in [1.165, 1.54) is 11.3 Å². The molecule has 2 atom stereocenters. The molecule has 150 valence electrons. The quantitative estimate of drug-likeness (QED) is 0.767. The zero-order valence-electron chi connectivity index (χ0n) is 16.0. The first-order valence-corrected chi connectivity index (χ1v) is 10.7. The maximum atomic E-state index is 13.6. The molecule has 1 saturated carbocycles. The third-order valence-electron chi connectivity index (χ3n) is 6.56. The molecule has 8 heteroatoms. The summed E-state index contributed by atoms with van der Waals surface area (Å²) in [5.41, 5.74) is 2.18. The number of allylic oxidation sites excluding steroid dienone is 1. The van der Waals surface area contributed by atoms with Crippen LogP contribution in [0, 0.1) is 5.92 Å². The molecule has 0 N–H and O–H groups in total. The van der Waals surface area contributed by atoms with Crippen molar-refractivity contribution < 1.29 is 8.78 Å². The van der Waals surface area contributed by atoms with Gasteiger partial charge < -0.3 is 4.90 Å². The van der Waals surface area contributed by atoms with Crippen LogP contribution in [0.2, 0.25) is 0 Å². The van der Waals surface area contributed by atoms with Crippen LogP contribution in [0.4, 0.5) is 8.78 Å². The van der Waals surface area contributed by atoms with Crippen molar-refractivity contribution in [2.45, 2.75) is 51.2 Å². The van der Waals surface area contributed by atoms with E-state index in [1.807, 2.05) is 11.6 Å². The Morgan fingerprint density at radius 1 is 1.32 bits per heavy atom. The average molecular weight is 407 g/mol. The third-order valence-corrected chi connectivity index (χ3v) is 7.67. The van der Waals surface area contributed by atoms with Gasteiger partial charge in [-0.05, 0) is 24.8 Å². The summed E-state index contributed by atoms with van der Waals surface area (Å²) in [7, 11) is 2.02. The highest BCUT2D eigenvalue weighted by Crippen LogP contribution is 2.43. The summed E-state index contributed by atoms with van der Waals surface area (Å²) in [5.74, 6) is 1.10. The molecule has 0 bridgehead atoms. The summed E-state index contributed by atoms with van der Waals surface area (Å²) >= 11 is 1.50. The molecule has 2 aliphatic heterocycles. The molecular weight excluding hydrogens is 382 g/mol. The molecule has 5 rings (SSSR count). The van der Waals surface area contributed by atoms with Crippen LogP contribution >= 0.6 is 11.3 Å². The molecule has 0 amide bonds. The smallest absolute Gasteiger partial charge is 0.262 e. The van der Waals surface area contributed by atoms with Gasteiger partial charge in [-0.25, -0.2) is 13.8 Å². The molecule has 0 spiro atoms. The lowest BCUT2D eigenvalue weighted by Crippen LogP contribution is -2.34. The highest BCUT2D eigenvalue weighted by atomic mass is 32.1. The number of aromatic nitrogens is 2. The van der Waals surface area contributed by atoms with Crippen LogP contribution < -0.4 is 5.56 Å². The molecule has 5 nitrogen and oxygen atoms in total. The minimum atomic E-state index is -2.33. The van der Waals surface area contributed by atoms with E-state index in [1.54, 1.807) is 4.90 Å². The number of nitrogens with zero attached hydrogens (tertiary/aromatic N) is 4. The summed E-state index contributed by atoms with van der Waals surface area (Å²) in [6, 6.07) is 0.131. The third kappa shape index (κ3) is 2.72. The van der Waals surface area contributed by atoms with Gasteiger partial charge in [0.2, 0.25) is 0 Å². The highest BCUT2D eigenvalue weighted by Gasteiger charge is 2.38. The van der Waals surface area contributed by atoms with Crippen molar-refractivity contribution in [3.8, 4) is 0 Å². The molecule has 0 unspecified atom stereocenters. The monoisotopic (exact) mass is 406 g/mol. The number of halogens is 2. The molecule has 0 radical (unpaired) electrons. The van der Waals surface area contributed by atoms with Gasteiger partial charge in [0, 0.05) is 42.7 Å². The van der Waals surface area contributed by atoms with E-state index >= 15 is 0 Å². The van der Waals surface area contributed by atoms with Gasteiger partial charge in [-0.3, -0.25) is 14.3 Å². The maximum absolute atomic E-state index is 13.6. The summed E-state index contributed by atoms with van der Waals surface area (Å²) in [6.45, 7) is 5.70. The normalized spacial score (nSPS) is 25.1. The summed E-state index contributed by atoms with van der Waals surface area (Å²) in [4.78, 5) is 24.2. The van der Waals surface area contributed by atoms with Gasteiger partial charge in [-0.1, -0.05) is 13.0 Å². The van der Waals surface area contributed by atoms with Crippen molar-refractivity contribution >= 4 is 21.6 Å². The Morgan fingerprint density at radius 2 is 2.14 bits per heavy atom. The van der Waals surface area contributed by atoms with E-state index in [-0.39, 0.29) is 18.1 Å². The Balaban J connectivity index is 1.64. The van der Waals surface area contributed by atoms with Crippen LogP contribution in [0.5, 0.6) is 0 Å². The first kappa shape index (κ1) is 18.2. The molecule has 1 fully saturated rings. The van der Waals surface area contributed by atoms with Crippen LogP contribution in [0.15, 0.2) is 17.1 Å². The number of hydrogen-bond donors (Lipinski definition) is 0. The van der Waals surface area contributed by atoms with Crippen molar-refractivity contribution in [2.75, 3.05) is 20.1 Å². The van der Waals surface area contributed by atoms with Gasteiger partial charge in [-0.15, -0.1) is 11.3 Å². The van der Waals surface area contributed by atoms with E-state index in [4.69, 9.17) is 4.98 Å². The standard InChI is InChI=1S/C20H24F2N4OS/c1-11-12-4-3-5-14(12)26-17(10-24(11)2)23-19-18(20(26)27)13-6-7-25(9-16(21)22)8-15(13)28-19/h12,14,16H,1,3-10H2,2H3/t12-,14-/m1/s1. The summed E-state index contributed by atoms with van der Waals surface area (Å²) < 4.78 is 27.5. The number of thiophene rings is 1. The first-order chi connectivity index (χ1) is 13.4. The Labute approximate surface area is 166 Å². The van der Waals surface area contributed by atoms with E-state index < -0.39 is 6.43 Å². The van der Waals surface area contributed by atoms with Crippen LogP contribution in [-0.2, 0) is 19.5 Å². The second-order valence-electron chi connectivity index (χ2n) is 8.22. The van der Waals surface area contributed by atoms with Gasteiger partial charge in [0.15, 0.2) is 0 Å². The van der Waals surface area contributed by atoms with Gasteiger partial charge in [0.05, 0.1) is 18.5 Å². The summed E-state index contributed by atoms with van der Waals surface area (Å²) in [5, 5.41) is 0.723. The van der Waals surface area contributed by atoms with Crippen LogP contribution in [-0.4, -0.2) is 45.9 Å². The fourth-order valence-electron chi connectivity index (χ4n) is 5.19. The molecule has 28 heavy (non-hydrogen) atoms. The van der Waals surface area contributed by atoms with Gasteiger partial charge in [-0.2, -0.15) is 0 Å². The van der Waals surface area contributed by atoms with Crippen LogP contribution in [0.3, 0.4) is 0 Å². The lowest BCUT2D eigenvalue weighted by Gasteiger charge is -2.26. The number of fused-ring (bicyclic) bond motifs is 6. The first-order valence-electron chi connectivity index (χ1n) is 9.90. The molecule has 0 aromatic carbocycles. The largest absolute Gasteiger partial charge is 0.371 e. The van der Waals surface area contributed by atoms with E-state index in [9.17, 15) is 13.6 Å². The number of rotatable bonds is 2. The Kier molecular flexibility index (Phi) is 4.32. The minimum absolute atomic E-state index is 0.0554. The van der Waals surface area contributed by atoms with Crippen molar-refractivity contribution in [1.82, 2.24) is 19.4 Å². The summed E-state index contributed by atoms with van der Waals surface area (Å²) in [6.07, 6.45) is 1.43. The predicted molar refractivity (Wildman–Crippen MR) is 106 cm³/mol. The lowest BCUT2D eigenvalue weighted by atomic mass is 9.99. The van der Waals surface area contributed by atoms with Crippen molar-refractivity contribution in [1.29, 1.82) is 0 Å². The Hall–Kier alpha value is -1.80. The predicted octanol–water partition coefficient (Wildman–Crippen LogP) is 3.38. The Bertz CT molecular complexity index is 1010. The molecule has 2 aromatic rings. The van der Waals surface area contributed by atoms with Gasteiger partial charge in [0.1, 0.15) is 10.7 Å². The van der Waals surface area contributed by atoms with E-state index in [0.717, 1.165) is 51.4 Å². The van der Waals surface area contributed by atoms with Crippen LogP contribution in [0.1, 0.15) is 41.6 Å². The van der Waals surface area contributed by atoms with Crippen LogP contribution in [0.25, 0.3) is 10.2 Å². The molecular formula is C20H24F2N4OS. The second-order valence-corrected chi connectivity index (χ2v) is 9.30. The molecule has 2 aromatic heterocycles. The SMILES string of the molecule is C=C1[C@H]2CCC[C@H]2n2c(nc3sc4c(c3c2=O)CCN(CC(F)F)C4)CN1C.